The maximum atomic E-state index is 13.1. The van der Waals surface area contributed by atoms with Gasteiger partial charge in [0.1, 0.15) is 0 Å². The summed E-state index contributed by atoms with van der Waals surface area (Å²) in [6.07, 6.45) is 0.790. The van der Waals surface area contributed by atoms with E-state index in [2.05, 4.69) is 10.3 Å². The van der Waals surface area contributed by atoms with Crippen molar-refractivity contribution in [2.45, 2.75) is 50.2 Å². The molecule has 2 aromatic carbocycles. The molecule has 1 aromatic heterocycles. The molecule has 0 spiro atoms. The maximum Gasteiger partial charge on any atom is 0.262 e. The summed E-state index contributed by atoms with van der Waals surface area (Å²) in [5, 5.41) is 12.3. The van der Waals surface area contributed by atoms with Gasteiger partial charge in [-0.1, -0.05) is 23.9 Å². The van der Waals surface area contributed by atoms with E-state index in [0.717, 1.165) is 0 Å². The number of carbonyl (C=O) groups excluding carboxylic acids is 1. The van der Waals surface area contributed by atoms with Crippen molar-refractivity contribution in [2.75, 3.05) is 11.9 Å². The number of amides is 1. The number of nitrogens with zero attached hydrogens (tertiary/aromatic N) is 3. The SMILES string of the molecule is CC(C)OCCCn1c(SC(C)C(=O)Nc2ccc(C#N)cc2)nc2ccccc2c1=O. The first kappa shape index (κ1) is 23.5. The standard InChI is InChI=1S/C24H26N4O3S/c1-16(2)31-14-6-13-28-23(30)20-7-4-5-8-21(20)27-24(28)32-17(3)22(29)26-19-11-9-18(15-25)10-12-19/h4-5,7-12,16-17H,6,13-14H2,1-3H3,(H,26,29). The van der Waals surface area contributed by atoms with Crippen molar-refractivity contribution in [1.82, 2.24) is 9.55 Å². The summed E-state index contributed by atoms with van der Waals surface area (Å²) in [6.45, 7) is 6.71. The minimum atomic E-state index is -0.489. The van der Waals surface area contributed by atoms with Gasteiger partial charge < -0.3 is 10.1 Å². The number of rotatable bonds is 9. The lowest BCUT2D eigenvalue weighted by atomic mass is 10.2. The third kappa shape index (κ3) is 5.96. The summed E-state index contributed by atoms with van der Waals surface area (Å²) < 4.78 is 7.23. The molecule has 3 aromatic rings. The Morgan fingerprint density at radius 3 is 2.59 bits per heavy atom. The van der Waals surface area contributed by atoms with Gasteiger partial charge in [-0.3, -0.25) is 14.2 Å². The fourth-order valence-corrected chi connectivity index (χ4v) is 3.99. The number of fused-ring (bicyclic) bond motifs is 1. The number of ether oxygens (including phenoxy) is 1. The summed E-state index contributed by atoms with van der Waals surface area (Å²) in [7, 11) is 0. The van der Waals surface area contributed by atoms with Gasteiger partial charge in [0.2, 0.25) is 5.91 Å². The Morgan fingerprint density at radius 2 is 1.91 bits per heavy atom. The Bertz CT molecular complexity index is 1180. The number of anilines is 1. The molecule has 1 atom stereocenters. The highest BCUT2D eigenvalue weighted by Gasteiger charge is 2.19. The van der Waals surface area contributed by atoms with Crippen LogP contribution in [0.15, 0.2) is 58.5 Å². The Morgan fingerprint density at radius 1 is 1.19 bits per heavy atom. The van der Waals surface area contributed by atoms with Gasteiger partial charge in [0.05, 0.1) is 33.9 Å². The van der Waals surface area contributed by atoms with Crippen LogP contribution in [0.1, 0.15) is 32.8 Å². The summed E-state index contributed by atoms with van der Waals surface area (Å²) in [6, 6.07) is 15.9. The number of hydrogen-bond donors (Lipinski definition) is 1. The highest BCUT2D eigenvalue weighted by molar-refractivity contribution is 8.00. The zero-order chi connectivity index (χ0) is 23.1. The molecule has 1 heterocycles. The van der Waals surface area contributed by atoms with Gasteiger partial charge in [0, 0.05) is 18.8 Å². The minimum absolute atomic E-state index is 0.123. The number of thioether (sulfide) groups is 1. The third-order valence-corrected chi connectivity index (χ3v) is 5.83. The molecule has 166 valence electrons. The van der Waals surface area contributed by atoms with E-state index in [1.807, 2.05) is 32.0 Å². The summed E-state index contributed by atoms with van der Waals surface area (Å²) in [5.74, 6) is -0.211. The molecule has 8 heteroatoms. The average Bonchev–Trinajstić information content (AvgIpc) is 2.78. The van der Waals surface area contributed by atoms with Gasteiger partial charge >= 0.3 is 0 Å². The topological polar surface area (TPSA) is 97.0 Å². The van der Waals surface area contributed by atoms with Crippen molar-refractivity contribution >= 4 is 34.3 Å². The number of aromatic nitrogens is 2. The molecule has 0 aliphatic heterocycles. The smallest absolute Gasteiger partial charge is 0.262 e. The second kappa shape index (κ2) is 10.9. The van der Waals surface area contributed by atoms with E-state index in [9.17, 15) is 9.59 Å². The van der Waals surface area contributed by atoms with Gasteiger partial charge in [0.15, 0.2) is 5.16 Å². The first-order chi connectivity index (χ1) is 15.4. The first-order valence-electron chi connectivity index (χ1n) is 10.5. The Kier molecular flexibility index (Phi) is 8.03. The molecule has 7 nitrogen and oxygen atoms in total. The number of nitriles is 1. The minimum Gasteiger partial charge on any atom is -0.379 e. The van der Waals surface area contributed by atoms with Crippen molar-refractivity contribution < 1.29 is 9.53 Å². The Hall–Kier alpha value is -3.15. The zero-order valence-electron chi connectivity index (χ0n) is 18.4. The van der Waals surface area contributed by atoms with Crippen LogP contribution in [0.25, 0.3) is 10.9 Å². The monoisotopic (exact) mass is 450 g/mol. The lowest BCUT2D eigenvalue weighted by molar-refractivity contribution is -0.115. The van der Waals surface area contributed by atoms with E-state index in [1.165, 1.54) is 11.8 Å². The molecule has 1 amide bonds. The molecule has 32 heavy (non-hydrogen) atoms. The van der Waals surface area contributed by atoms with Gasteiger partial charge in [-0.2, -0.15) is 5.26 Å². The quantitative estimate of drug-likeness (QED) is 0.298. The lowest BCUT2D eigenvalue weighted by Crippen LogP contribution is -2.27. The van der Waals surface area contributed by atoms with Gasteiger partial charge in [-0.25, -0.2) is 4.98 Å². The first-order valence-corrected chi connectivity index (χ1v) is 11.4. The molecule has 0 bridgehead atoms. The molecular formula is C24H26N4O3S. The summed E-state index contributed by atoms with van der Waals surface area (Å²) >= 11 is 1.25. The van der Waals surface area contributed by atoms with Gasteiger partial charge in [-0.05, 0) is 63.6 Å². The fourth-order valence-electron chi connectivity index (χ4n) is 3.06. The Labute approximate surface area is 191 Å². The molecule has 3 rings (SSSR count). The number of nitrogens with one attached hydrogen (secondary N) is 1. The number of para-hydroxylation sites is 1. The van der Waals surface area contributed by atoms with Crippen LogP contribution < -0.4 is 10.9 Å². The van der Waals surface area contributed by atoms with Crippen LogP contribution in [-0.4, -0.2) is 33.4 Å². The van der Waals surface area contributed by atoms with Gasteiger partial charge in [-0.15, -0.1) is 0 Å². The predicted molar refractivity (Wildman–Crippen MR) is 127 cm³/mol. The normalized spacial score (nSPS) is 12.0. The van der Waals surface area contributed by atoms with Crippen molar-refractivity contribution in [3.05, 3.63) is 64.4 Å². The van der Waals surface area contributed by atoms with E-state index in [0.29, 0.717) is 46.9 Å². The fraction of sp³-hybridized carbons (Fsp3) is 0.333. The molecule has 1 N–H and O–H groups in total. The molecule has 0 aliphatic carbocycles. The van der Waals surface area contributed by atoms with Crippen LogP contribution in [0, 0.1) is 11.3 Å². The van der Waals surface area contributed by atoms with Crippen LogP contribution >= 0.6 is 11.8 Å². The van der Waals surface area contributed by atoms with E-state index >= 15 is 0 Å². The highest BCUT2D eigenvalue weighted by atomic mass is 32.2. The van der Waals surface area contributed by atoms with Crippen LogP contribution in [0.2, 0.25) is 0 Å². The average molecular weight is 451 g/mol. The molecule has 0 saturated carbocycles. The largest absolute Gasteiger partial charge is 0.379 e. The van der Waals surface area contributed by atoms with Crippen molar-refractivity contribution in [3.63, 3.8) is 0 Å². The highest BCUT2D eigenvalue weighted by Crippen LogP contribution is 2.24. The van der Waals surface area contributed by atoms with E-state index in [1.54, 1.807) is 47.9 Å². The summed E-state index contributed by atoms with van der Waals surface area (Å²) in [5.41, 5.74) is 1.61. The van der Waals surface area contributed by atoms with E-state index in [4.69, 9.17) is 10.00 Å². The molecule has 0 saturated heterocycles. The lowest BCUT2D eigenvalue weighted by Gasteiger charge is -2.17. The molecule has 0 radical (unpaired) electrons. The van der Waals surface area contributed by atoms with Crippen LogP contribution in [0.4, 0.5) is 5.69 Å². The number of carbonyl (C=O) groups is 1. The predicted octanol–water partition coefficient (Wildman–Crippen LogP) is 4.20. The second-order valence-corrected chi connectivity index (χ2v) is 8.89. The molecule has 1 unspecified atom stereocenters. The zero-order valence-corrected chi connectivity index (χ0v) is 19.2. The Balaban J connectivity index is 1.80. The molecule has 0 aliphatic rings. The van der Waals surface area contributed by atoms with Crippen molar-refractivity contribution in [2.24, 2.45) is 0 Å². The number of benzene rings is 2. The maximum absolute atomic E-state index is 13.1. The van der Waals surface area contributed by atoms with E-state index in [-0.39, 0.29) is 17.6 Å². The number of hydrogen-bond acceptors (Lipinski definition) is 6. The van der Waals surface area contributed by atoms with E-state index < -0.39 is 5.25 Å². The third-order valence-electron chi connectivity index (χ3n) is 4.74. The van der Waals surface area contributed by atoms with Crippen LogP contribution in [-0.2, 0) is 16.1 Å². The van der Waals surface area contributed by atoms with Crippen molar-refractivity contribution in [1.29, 1.82) is 5.26 Å². The van der Waals surface area contributed by atoms with Crippen LogP contribution in [0.5, 0.6) is 0 Å². The van der Waals surface area contributed by atoms with Crippen LogP contribution in [0.3, 0.4) is 0 Å². The molecular weight excluding hydrogens is 424 g/mol. The van der Waals surface area contributed by atoms with Gasteiger partial charge in [0.25, 0.3) is 5.56 Å². The summed E-state index contributed by atoms with van der Waals surface area (Å²) in [4.78, 5) is 30.5. The van der Waals surface area contributed by atoms with Crippen molar-refractivity contribution in [3.8, 4) is 6.07 Å². The second-order valence-electron chi connectivity index (χ2n) is 7.58. The molecule has 0 fully saturated rings.